The second kappa shape index (κ2) is 10.1. The maximum absolute atomic E-state index is 15.0. The lowest BCUT2D eigenvalue weighted by molar-refractivity contribution is -0.116. The number of amides is 1. The SMILES string of the molecule is Cc1nn(C2=CC(Cl)C=C(OCC(C)C)N=C2)c2c1C=C(C(=O)NS(=O)N(C)C)C(F)C2. The van der Waals surface area contributed by atoms with Crippen molar-refractivity contribution < 1.29 is 18.1 Å². The lowest BCUT2D eigenvalue weighted by Gasteiger charge is -2.20. The van der Waals surface area contributed by atoms with Crippen LogP contribution in [0, 0.1) is 12.8 Å². The maximum atomic E-state index is 15.0. The lowest BCUT2D eigenvalue weighted by atomic mass is 9.94. The van der Waals surface area contributed by atoms with Crippen molar-refractivity contribution in [3.05, 3.63) is 40.6 Å². The van der Waals surface area contributed by atoms with Crippen LogP contribution in [0.1, 0.15) is 30.8 Å². The number of nitrogens with one attached hydrogen (secondary N) is 1. The summed E-state index contributed by atoms with van der Waals surface area (Å²) in [7, 11) is 3.09. The average Bonchev–Trinajstić information content (AvgIpc) is 2.90. The Morgan fingerprint density at radius 3 is 2.81 bits per heavy atom. The smallest absolute Gasteiger partial charge is 0.262 e. The van der Waals surface area contributed by atoms with Crippen LogP contribution in [-0.4, -0.2) is 62.7 Å². The van der Waals surface area contributed by atoms with Crippen LogP contribution in [-0.2, 0) is 27.1 Å². The van der Waals surface area contributed by atoms with Crippen molar-refractivity contribution in [2.75, 3.05) is 20.7 Å². The minimum absolute atomic E-state index is 0.0632. The molecule has 0 aromatic carbocycles. The topological polar surface area (TPSA) is 88.8 Å². The molecule has 11 heteroatoms. The van der Waals surface area contributed by atoms with E-state index in [1.165, 1.54) is 10.4 Å². The van der Waals surface area contributed by atoms with Gasteiger partial charge in [-0.1, -0.05) is 13.8 Å². The van der Waals surface area contributed by atoms with Crippen LogP contribution in [0.5, 0.6) is 0 Å². The molecule has 1 amide bonds. The molecule has 0 fully saturated rings. The first kappa shape index (κ1) is 24.3. The summed E-state index contributed by atoms with van der Waals surface area (Å²) in [6.07, 6.45) is 4.86. The van der Waals surface area contributed by atoms with E-state index in [9.17, 15) is 13.4 Å². The number of ether oxygens (including phenoxy) is 1. The van der Waals surface area contributed by atoms with Crippen LogP contribution in [0.4, 0.5) is 4.39 Å². The van der Waals surface area contributed by atoms with Crippen LogP contribution >= 0.6 is 11.6 Å². The number of hydrogen-bond acceptors (Lipinski definition) is 5. The van der Waals surface area contributed by atoms with E-state index >= 15 is 0 Å². The third kappa shape index (κ3) is 5.54. The van der Waals surface area contributed by atoms with Gasteiger partial charge in [0.1, 0.15) is 6.17 Å². The molecule has 1 aliphatic carbocycles. The molecular formula is C21H27ClFN5O3S. The Kier molecular flexibility index (Phi) is 7.68. The summed E-state index contributed by atoms with van der Waals surface area (Å²) in [4.78, 5) is 16.8. The Labute approximate surface area is 194 Å². The highest BCUT2D eigenvalue weighted by molar-refractivity contribution is 7.81. The van der Waals surface area contributed by atoms with Crippen molar-refractivity contribution in [3.63, 3.8) is 0 Å². The van der Waals surface area contributed by atoms with E-state index in [1.807, 2.05) is 13.8 Å². The molecule has 0 saturated heterocycles. The molecule has 1 N–H and O–H groups in total. The zero-order valence-corrected chi connectivity index (χ0v) is 20.2. The Bertz CT molecular complexity index is 1040. The summed E-state index contributed by atoms with van der Waals surface area (Å²) in [5.41, 5.74) is 2.37. The van der Waals surface area contributed by atoms with E-state index in [4.69, 9.17) is 16.3 Å². The van der Waals surface area contributed by atoms with Crippen molar-refractivity contribution in [2.24, 2.45) is 10.9 Å². The van der Waals surface area contributed by atoms with E-state index in [0.29, 0.717) is 41.1 Å². The predicted octanol–water partition coefficient (Wildman–Crippen LogP) is 2.77. The minimum Gasteiger partial charge on any atom is -0.478 e. The van der Waals surface area contributed by atoms with Gasteiger partial charge in [0.25, 0.3) is 5.91 Å². The van der Waals surface area contributed by atoms with Crippen LogP contribution in [0.25, 0.3) is 11.8 Å². The van der Waals surface area contributed by atoms with Crippen molar-refractivity contribution in [2.45, 2.75) is 38.7 Å². The summed E-state index contributed by atoms with van der Waals surface area (Å²) in [6.45, 7) is 6.36. The molecule has 174 valence electrons. The number of halogens is 2. The maximum Gasteiger partial charge on any atom is 0.262 e. The van der Waals surface area contributed by atoms with Gasteiger partial charge < -0.3 is 4.74 Å². The van der Waals surface area contributed by atoms with Crippen molar-refractivity contribution in [1.82, 2.24) is 18.8 Å². The molecule has 3 atom stereocenters. The fourth-order valence-electron chi connectivity index (χ4n) is 3.17. The van der Waals surface area contributed by atoms with Crippen LogP contribution in [0.15, 0.2) is 28.6 Å². The first-order valence-electron chi connectivity index (χ1n) is 10.2. The molecule has 1 aliphatic heterocycles. The molecule has 8 nitrogen and oxygen atoms in total. The fourth-order valence-corrected chi connectivity index (χ4v) is 3.87. The summed E-state index contributed by atoms with van der Waals surface area (Å²) >= 11 is 4.66. The monoisotopic (exact) mass is 483 g/mol. The van der Waals surface area contributed by atoms with Gasteiger partial charge in [0.15, 0.2) is 11.2 Å². The van der Waals surface area contributed by atoms with E-state index in [2.05, 4.69) is 14.8 Å². The molecule has 2 aliphatic rings. The van der Waals surface area contributed by atoms with Crippen molar-refractivity contribution in [1.29, 1.82) is 0 Å². The highest BCUT2D eigenvalue weighted by Crippen LogP contribution is 2.31. The quantitative estimate of drug-likeness (QED) is 0.604. The number of aliphatic imine (C=N–C) groups is 1. The summed E-state index contributed by atoms with van der Waals surface area (Å²) < 4.78 is 37.8. The number of fused-ring (bicyclic) bond motifs is 1. The molecule has 32 heavy (non-hydrogen) atoms. The number of allylic oxidation sites excluding steroid dienone is 3. The van der Waals surface area contributed by atoms with E-state index in [1.54, 1.807) is 44.1 Å². The summed E-state index contributed by atoms with van der Waals surface area (Å²) in [5.74, 6) is 0.0412. The Morgan fingerprint density at radius 1 is 1.44 bits per heavy atom. The normalized spacial score (nSPS) is 21.5. The zero-order chi connectivity index (χ0) is 23.6. The molecule has 3 unspecified atom stereocenters. The average molecular weight is 484 g/mol. The van der Waals surface area contributed by atoms with Gasteiger partial charge in [0.05, 0.1) is 40.9 Å². The van der Waals surface area contributed by atoms with E-state index in [0.717, 1.165) is 0 Å². The van der Waals surface area contributed by atoms with Gasteiger partial charge >= 0.3 is 0 Å². The van der Waals surface area contributed by atoms with E-state index < -0.39 is 28.6 Å². The van der Waals surface area contributed by atoms with Gasteiger partial charge in [0, 0.05) is 26.1 Å². The molecule has 1 aromatic rings. The Hall–Kier alpha value is -2.30. The van der Waals surface area contributed by atoms with Crippen LogP contribution < -0.4 is 4.72 Å². The van der Waals surface area contributed by atoms with Gasteiger partial charge in [-0.15, -0.1) is 11.6 Å². The number of carbonyl (C=O) groups excluding carboxylic acids is 1. The summed E-state index contributed by atoms with van der Waals surface area (Å²) in [6, 6.07) is 0. The number of nitrogens with zero attached hydrogens (tertiary/aromatic N) is 4. The number of hydrogen-bond donors (Lipinski definition) is 1. The lowest BCUT2D eigenvalue weighted by Crippen LogP contribution is -2.37. The largest absolute Gasteiger partial charge is 0.478 e. The first-order valence-corrected chi connectivity index (χ1v) is 11.7. The molecule has 3 rings (SSSR count). The number of aryl methyl sites for hydroxylation is 1. The minimum atomic E-state index is -1.75. The van der Waals surface area contributed by atoms with Gasteiger partial charge in [-0.25, -0.2) is 22.6 Å². The zero-order valence-electron chi connectivity index (χ0n) is 18.6. The molecule has 0 bridgehead atoms. The van der Waals surface area contributed by atoms with Crippen LogP contribution in [0.3, 0.4) is 0 Å². The Morgan fingerprint density at radius 2 is 2.16 bits per heavy atom. The summed E-state index contributed by atoms with van der Waals surface area (Å²) in [5, 5.41) is 4.04. The van der Waals surface area contributed by atoms with Gasteiger partial charge in [-0.3, -0.25) is 9.52 Å². The fraction of sp³-hybridized carbons (Fsp3) is 0.476. The molecule has 0 spiro atoms. The molecule has 0 saturated carbocycles. The van der Waals surface area contributed by atoms with E-state index in [-0.39, 0.29) is 12.0 Å². The van der Waals surface area contributed by atoms with Crippen molar-refractivity contribution in [3.8, 4) is 0 Å². The van der Waals surface area contributed by atoms with Crippen LogP contribution in [0.2, 0.25) is 0 Å². The number of rotatable bonds is 7. The molecule has 1 aromatic heterocycles. The highest BCUT2D eigenvalue weighted by Gasteiger charge is 2.31. The number of carbonyl (C=O) groups is 1. The highest BCUT2D eigenvalue weighted by atomic mass is 35.5. The number of alkyl halides is 2. The predicted molar refractivity (Wildman–Crippen MR) is 125 cm³/mol. The first-order chi connectivity index (χ1) is 15.1. The number of aromatic nitrogens is 2. The third-order valence-electron chi connectivity index (χ3n) is 4.76. The second-order valence-electron chi connectivity index (χ2n) is 8.13. The van der Waals surface area contributed by atoms with Gasteiger partial charge in [-0.05, 0) is 31.1 Å². The Balaban J connectivity index is 1.89. The standard InChI is InChI=1S/C21H27ClFN5O3S/c1-12(2)11-31-20-7-14(22)6-15(10-24-20)28-19-9-18(23)17(8-16(19)13(3)25-28)21(29)26-32(30)27(4)5/h6-8,10,12,14,18H,9,11H2,1-5H3,(H,26,29). The molecule has 2 heterocycles. The van der Waals surface area contributed by atoms with Gasteiger partial charge in [0.2, 0.25) is 5.88 Å². The molecule has 0 radical (unpaired) electrons. The van der Waals surface area contributed by atoms with Gasteiger partial charge in [-0.2, -0.15) is 5.10 Å². The van der Waals surface area contributed by atoms with Crippen molar-refractivity contribution >= 4 is 46.7 Å². The third-order valence-corrected chi connectivity index (χ3v) is 6.03. The second-order valence-corrected chi connectivity index (χ2v) is 10.1. The molecular weight excluding hydrogens is 457 g/mol.